The SMILES string of the molecule is Cc1ccc(O[B]CCN(C)C)cc1Cl. The Kier molecular flexibility index (Phi) is 4.99. The second kappa shape index (κ2) is 6.04. The summed E-state index contributed by atoms with van der Waals surface area (Å²) >= 11 is 5.97. The molecule has 0 aliphatic rings. The topological polar surface area (TPSA) is 12.5 Å². The molecule has 2 nitrogen and oxygen atoms in total. The number of halogens is 1. The van der Waals surface area contributed by atoms with Crippen molar-refractivity contribution in [1.82, 2.24) is 4.90 Å². The van der Waals surface area contributed by atoms with Gasteiger partial charge >= 0.3 is 7.48 Å². The first-order valence-corrected chi connectivity index (χ1v) is 5.36. The lowest BCUT2D eigenvalue weighted by Crippen LogP contribution is -2.16. The Morgan fingerprint density at radius 3 is 2.73 bits per heavy atom. The van der Waals surface area contributed by atoms with E-state index in [1.165, 1.54) is 0 Å². The second-order valence-corrected chi connectivity index (χ2v) is 4.19. The molecular weight excluding hydrogens is 208 g/mol. The van der Waals surface area contributed by atoms with Gasteiger partial charge in [0.05, 0.1) is 5.75 Å². The molecule has 0 aliphatic carbocycles. The molecule has 0 unspecified atom stereocenters. The first-order valence-electron chi connectivity index (χ1n) is 4.99. The van der Waals surface area contributed by atoms with E-state index in [2.05, 4.69) is 4.90 Å². The van der Waals surface area contributed by atoms with Gasteiger partial charge in [0.1, 0.15) is 0 Å². The molecule has 15 heavy (non-hydrogen) atoms. The van der Waals surface area contributed by atoms with Crippen LogP contribution in [0.4, 0.5) is 0 Å². The van der Waals surface area contributed by atoms with E-state index >= 15 is 0 Å². The van der Waals surface area contributed by atoms with Crippen LogP contribution in [-0.2, 0) is 0 Å². The smallest absolute Gasteiger partial charge is 0.371 e. The zero-order valence-electron chi connectivity index (χ0n) is 9.46. The summed E-state index contributed by atoms with van der Waals surface area (Å²) in [5.41, 5.74) is 1.07. The molecule has 1 radical (unpaired) electrons. The predicted octanol–water partition coefficient (Wildman–Crippen LogP) is 2.63. The first kappa shape index (κ1) is 12.4. The fraction of sp³-hybridized carbons (Fsp3) is 0.455. The molecule has 0 aliphatic heterocycles. The Morgan fingerprint density at radius 1 is 1.40 bits per heavy atom. The predicted molar refractivity (Wildman–Crippen MR) is 65.9 cm³/mol. The zero-order valence-corrected chi connectivity index (χ0v) is 10.2. The highest BCUT2D eigenvalue weighted by molar-refractivity contribution is 6.31. The summed E-state index contributed by atoms with van der Waals surface area (Å²) in [7, 11) is 5.88. The molecule has 0 atom stereocenters. The number of rotatable bonds is 5. The maximum absolute atomic E-state index is 5.97. The van der Waals surface area contributed by atoms with E-state index in [1.54, 1.807) is 7.48 Å². The highest BCUT2D eigenvalue weighted by Crippen LogP contribution is 2.21. The van der Waals surface area contributed by atoms with Crippen LogP contribution < -0.4 is 4.65 Å². The van der Waals surface area contributed by atoms with Crippen LogP contribution in [0, 0.1) is 6.92 Å². The Morgan fingerprint density at radius 2 is 2.13 bits per heavy atom. The minimum atomic E-state index is 0.744. The summed E-state index contributed by atoms with van der Waals surface area (Å²) in [5, 5.41) is 0.744. The van der Waals surface area contributed by atoms with Crippen LogP contribution in [0.5, 0.6) is 5.75 Å². The highest BCUT2D eigenvalue weighted by atomic mass is 35.5. The van der Waals surface area contributed by atoms with Crippen molar-refractivity contribution in [3.8, 4) is 5.75 Å². The molecule has 4 heteroatoms. The number of hydrogen-bond donors (Lipinski definition) is 0. The largest absolute Gasteiger partial charge is 0.563 e. The summed E-state index contributed by atoms with van der Waals surface area (Å²) in [6.07, 6.45) is 0.901. The van der Waals surface area contributed by atoms with Gasteiger partial charge in [-0.2, -0.15) is 0 Å². The number of aryl methyl sites for hydroxylation is 1. The van der Waals surface area contributed by atoms with Gasteiger partial charge in [-0.1, -0.05) is 17.7 Å². The average Bonchev–Trinajstić information content (AvgIpc) is 2.18. The summed E-state index contributed by atoms with van der Waals surface area (Å²) in [4.78, 5) is 2.11. The van der Waals surface area contributed by atoms with E-state index in [4.69, 9.17) is 16.3 Å². The average molecular weight is 225 g/mol. The molecule has 0 spiro atoms. The fourth-order valence-electron chi connectivity index (χ4n) is 1.11. The van der Waals surface area contributed by atoms with Gasteiger partial charge in [-0.25, -0.2) is 0 Å². The van der Waals surface area contributed by atoms with Gasteiger partial charge in [0.25, 0.3) is 0 Å². The molecule has 1 aromatic carbocycles. The van der Waals surface area contributed by atoms with Crippen molar-refractivity contribution in [3.05, 3.63) is 28.8 Å². The van der Waals surface area contributed by atoms with Crippen molar-refractivity contribution in [2.75, 3.05) is 20.6 Å². The molecule has 81 valence electrons. The van der Waals surface area contributed by atoms with Gasteiger partial charge < -0.3 is 9.55 Å². The van der Waals surface area contributed by atoms with E-state index in [0.717, 1.165) is 29.2 Å². The molecule has 0 heterocycles. The summed E-state index contributed by atoms with van der Waals surface area (Å²) in [5.74, 6) is 0.796. The summed E-state index contributed by atoms with van der Waals surface area (Å²) in [6.45, 7) is 2.96. The molecule has 0 saturated carbocycles. The lowest BCUT2D eigenvalue weighted by molar-refractivity contribution is 0.427. The Labute approximate surface area is 97.5 Å². The maximum Gasteiger partial charge on any atom is 0.371 e. The van der Waals surface area contributed by atoms with Crippen LogP contribution in [0.15, 0.2) is 18.2 Å². The van der Waals surface area contributed by atoms with Gasteiger partial charge in [-0.3, -0.25) is 0 Å². The van der Waals surface area contributed by atoms with Gasteiger partial charge in [-0.15, -0.1) is 0 Å². The van der Waals surface area contributed by atoms with Crippen molar-refractivity contribution < 1.29 is 4.65 Å². The van der Waals surface area contributed by atoms with Crippen molar-refractivity contribution in [3.63, 3.8) is 0 Å². The number of hydrogen-bond acceptors (Lipinski definition) is 2. The molecule has 0 aromatic heterocycles. The number of benzene rings is 1. The molecule has 0 N–H and O–H groups in total. The van der Waals surface area contributed by atoms with Gasteiger partial charge in [-0.05, 0) is 51.6 Å². The van der Waals surface area contributed by atoms with E-state index in [0.29, 0.717) is 0 Å². The molecule has 1 aromatic rings. The monoisotopic (exact) mass is 224 g/mol. The Hall–Kier alpha value is -0.665. The molecule has 0 bridgehead atoms. The van der Waals surface area contributed by atoms with Crippen LogP contribution in [0.2, 0.25) is 11.3 Å². The summed E-state index contributed by atoms with van der Waals surface area (Å²) in [6, 6.07) is 5.72. The molecule has 1 rings (SSSR count). The van der Waals surface area contributed by atoms with Crippen LogP contribution >= 0.6 is 11.6 Å². The second-order valence-electron chi connectivity index (χ2n) is 3.79. The van der Waals surface area contributed by atoms with Crippen molar-refractivity contribution in [1.29, 1.82) is 0 Å². The van der Waals surface area contributed by atoms with Gasteiger partial charge in [0, 0.05) is 5.02 Å². The first-order chi connectivity index (χ1) is 7.09. The third-order valence-electron chi connectivity index (χ3n) is 2.06. The fourth-order valence-corrected chi connectivity index (χ4v) is 1.28. The van der Waals surface area contributed by atoms with Crippen LogP contribution in [0.25, 0.3) is 0 Å². The maximum atomic E-state index is 5.97. The van der Waals surface area contributed by atoms with Crippen molar-refractivity contribution in [2.24, 2.45) is 0 Å². The molecule has 0 saturated heterocycles. The van der Waals surface area contributed by atoms with Crippen LogP contribution in [-0.4, -0.2) is 33.0 Å². The zero-order chi connectivity index (χ0) is 11.3. The number of nitrogens with zero attached hydrogens (tertiary/aromatic N) is 1. The van der Waals surface area contributed by atoms with Gasteiger partial charge in [0.2, 0.25) is 0 Å². The van der Waals surface area contributed by atoms with Crippen LogP contribution in [0.1, 0.15) is 5.56 Å². The third-order valence-corrected chi connectivity index (χ3v) is 2.46. The standard InChI is InChI=1S/C11H16BClNO/c1-9-4-5-10(8-11(9)13)15-12-6-7-14(2)3/h4-5,8H,6-7H2,1-3H3. The van der Waals surface area contributed by atoms with Gasteiger partial charge in [0.15, 0.2) is 0 Å². The Balaban J connectivity index is 2.35. The Bertz CT molecular complexity index is 317. The van der Waals surface area contributed by atoms with Crippen LogP contribution in [0.3, 0.4) is 0 Å². The third kappa shape index (κ3) is 4.58. The highest BCUT2D eigenvalue weighted by Gasteiger charge is 2.00. The van der Waals surface area contributed by atoms with E-state index < -0.39 is 0 Å². The van der Waals surface area contributed by atoms with Crippen molar-refractivity contribution in [2.45, 2.75) is 13.2 Å². The molecule has 0 fully saturated rings. The lowest BCUT2D eigenvalue weighted by atomic mass is 9.95. The normalized spacial score (nSPS) is 10.5. The summed E-state index contributed by atoms with van der Waals surface area (Å²) < 4.78 is 5.46. The molecule has 0 amide bonds. The minimum Gasteiger partial charge on any atom is -0.563 e. The van der Waals surface area contributed by atoms with Crippen molar-refractivity contribution >= 4 is 19.1 Å². The quantitative estimate of drug-likeness (QED) is 0.563. The van der Waals surface area contributed by atoms with E-state index in [-0.39, 0.29) is 0 Å². The van der Waals surface area contributed by atoms with E-state index in [9.17, 15) is 0 Å². The van der Waals surface area contributed by atoms with E-state index in [1.807, 2.05) is 39.2 Å². The molecular formula is C11H16BClNO. The lowest BCUT2D eigenvalue weighted by Gasteiger charge is -2.09. The minimum absolute atomic E-state index is 0.744.